The zero-order valence-corrected chi connectivity index (χ0v) is 14.6. The fraction of sp³-hybridized carbons (Fsp3) is 0.300. The molecular formula is C20H25N2O2+. The molecule has 0 aliphatic rings. The minimum Gasteiger partial charge on any atom is -0.326 e. The number of likely N-dealkylation sites (N-methyl/N-ethyl adjacent to an activating group) is 1. The number of nitrogens with one attached hydrogen (secondary N) is 2. The van der Waals surface area contributed by atoms with Crippen LogP contribution in [0.25, 0.3) is 0 Å². The van der Waals surface area contributed by atoms with E-state index in [1.165, 1.54) is 18.1 Å². The molecule has 4 heteroatoms. The molecule has 126 valence electrons. The van der Waals surface area contributed by atoms with Gasteiger partial charge in [-0.15, -0.1) is 0 Å². The van der Waals surface area contributed by atoms with E-state index in [1.54, 1.807) is 18.2 Å². The lowest BCUT2D eigenvalue weighted by atomic mass is 10.1. The van der Waals surface area contributed by atoms with Gasteiger partial charge >= 0.3 is 0 Å². The fourth-order valence-corrected chi connectivity index (χ4v) is 2.67. The van der Waals surface area contributed by atoms with Crippen molar-refractivity contribution in [3.05, 3.63) is 65.2 Å². The highest BCUT2D eigenvalue weighted by Gasteiger charge is 2.13. The van der Waals surface area contributed by atoms with Crippen molar-refractivity contribution in [3.8, 4) is 0 Å². The van der Waals surface area contributed by atoms with Crippen LogP contribution in [-0.2, 0) is 17.8 Å². The van der Waals surface area contributed by atoms with Gasteiger partial charge in [-0.3, -0.25) is 9.59 Å². The van der Waals surface area contributed by atoms with Crippen molar-refractivity contribution < 1.29 is 14.5 Å². The van der Waals surface area contributed by atoms with Crippen LogP contribution in [0.1, 0.15) is 35.3 Å². The summed E-state index contributed by atoms with van der Waals surface area (Å²) in [6, 6.07) is 15.6. The summed E-state index contributed by atoms with van der Waals surface area (Å²) >= 11 is 0. The van der Waals surface area contributed by atoms with E-state index in [2.05, 4.69) is 36.5 Å². The second-order valence-corrected chi connectivity index (χ2v) is 6.13. The minimum absolute atomic E-state index is 0.0531. The van der Waals surface area contributed by atoms with Crippen molar-refractivity contribution >= 4 is 17.4 Å². The Morgan fingerprint density at radius 2 is 1.62 bits per heavy atom. The Morgan fingerprint density at radius 3 is 2.25 bits per heavy atom. The summed E-state index contributed by atoms with van der Waals surface area (Å²) in [5.74, 6) is -0.144. The van der Waals surface area contributed by atoms with E-state index in [-0.39, 0.29) is 11.7 Å². The molecule has 0 aliphatic carbocycles. The number of carbonyl (C=O) groups is 2. The first-order valence-electron chi connectivity index (χ1n) is 8.28. The fourth-order valence-electron chi connectivity index (χ4n) is 2.67. The number of quaternary nitrogens is 1. The van der Waals surface area contributed by atoms with Crippen molar-refractivity contribution in [3.63, 3.8) is 0 Å². The predicted molar refractivity (Wildman–Crippen MR) is 96.4 cm³/mol. The summed E-state index contributed by atoms with van der Waals surface area (Å²) in [6.07, 6.45) is 1.03. The molecule has 0 aromatic heterocycles. The largest absolute Gasteiger partial charge is 0.326 e. The Labute approximate surface area is 143 Å². The Balaban J connectivity index is 1.93. The quantitative estimate of drug-likeness (QED) is 0.766. The molecule has 0 saturated carbocycles. The van der Waals surface area contributed by atoms with Crippen LogP contribution in [0.3, 0.4) is 0 Å². The van der Waals surface area contributed by atoms with Crippen LogP contribution < -0.4 is 10.2 Å². The summed E-state index contributed by atoms with van der Waals surface area (Å²) in [5.41, 5.74) is 3.64. The van der Waals surface area contributed by atoms with Gasteiger partial charge in [-0.1, -0.05) is 43.3 Å². The van der Waals surface area contributed by atoms with Crippen LogP contribution in [-0.4, -0.2) is 25.3 Å². The average Bonchev–Trinajstić information content (AvgIpc) is 2.55. The molecule has 1 atom stereocenters. The van der Waals surface area contributed by atoms with Crippen LogP contribution in [0.5, 0.6) is 0 Å². The molecule has 0 radical (unpaired) electrons. The van der Waals surface area contributed by atoms with E-state index in [0.717, 1.165) is 17.9 Å². The number of hydrogen-bond donors (Lipinski definition) is 2. The molecule has 1 amide bonds. The maximum Gasteiger partial charge on any atom is 0.279 e. The molecule has 2 aromatic carbocycles. The van der Waals surface area contributed by atoms with E-state index >= 15 is 0 Å². The molecule has 24 heavy (non-hydrogen) atoms. The number of rotatable bonds is 7. The Hall–Kier alpha value is -2.46. The molecule has 0 heterocycles. The minimum atomic E-state index is -0.0913. The van der Waals surface area contributed by atoms with Crippen LogP contribution in [0, 0.1) is 0 Å². The van der Waals surface area contributed by atoms with Gasteiger partial charge in [0.25, 0.3) is 5.91 Å². The normalized spacial score (nSPS) is 11.8. The number of anilines is 1. The van der Waals surface area contributed by atoms with Crippen LogP contribution in [0.15, 0.2) is 48.5 Å². The smallest absolute Gasteiger partial charge is 0.279 e. The SMILES string of the molecule is CCc1ccc(C[NH+](C)CC(=O)Nc2ccccc2C(C)=O)cc1. The Morgan fingerprint density at radius 1 is 1.00 bits per heavy atom. The standard InChI is InChI=1S/C20H24N2O2/c1-4-16-9-11-17(12-10-16)13-22(3)14-20(24)21-19-8-6-5-7-18(19)15(2)23/h5-12H,4,13-14H2,1-3H3,(H,21,24)/p+1. The summed E-state index contributed by atoms with van der Waals surface area (Å²) in [6.45, 7) is 4.77. The van der Waals surface area contributed by atoms with E-state index in [4.69, 9.17) is 0 Å². The number of Topliss-reactive ketones (excluding diaryl/α,β-unsaturated/α-hetero) is 1. The summed E-state index contributed by atoms with van der Waals surface area (Å²) in [5, 5.41) is 2.85. The van der Waals surface area contributed by atoms with E-state index in [0.29, 0.717) is 17.8 Å². The topological polar surface area (TPSA) is 50.6 Å². The third-order valence-corrected chi connectivity index (χ3v) is 3.98. The summed E-state index contributed by atoms with van der Waals surface area (Å²) in [7, 11) is 1.99. The zero-order chi connectivity index (χ0) is 17.5. The van der Waals surface area contributed by atoms with Gasteiger partial charge < -0.3 is 10.2 Å². The van der Waals surface area contributed by atoms with E-state index in [9.17, 15) is 9.59 Å². The first-order valence-corrected chi connectivity index (χ1v) is 8.28. The molecule has 2 rings (SSSR count). The number of benzene rings is 2. The highest BCUT2D eigenvalue weighted by Crippen LogP contribution is 2.15. The molecule has 0 fully saturated rings. The maximum atomic E-state index is 12.2. The van der Waals surface area contributed by atoms with Crippen molar-refractivity contribution in [2.24, 2.45) is 0 Å². The van der Waals surface area contributed by atoms with E-state index < -0.39 is 0 Å². The number of para-hydroxylation sites is 1. The first-order chi connectivity index (χ1) is 11.5. The second kappa shape index (κ2) is 8.41. The molecule has 2 N–H and O–H groups in total. The summed E-state index contributed by atoms with van der Waals surface area (Å²) in [4.78, 5) is 24.9. The molecule has 1 unspecified atom stereocenters. The molecule has 0 aliphatic heterocycles. The van der Waals surface area contributed by atoms with Crippen molar-refractivity contribution in [1.29, 1.82) is 0 Å². The highest BCUT2D eigenvalue weighted by molar-refractivity contribution is 6.03. The van der Waals surface area contributed by atoms with Gasteiger partial charge in [-0.05, 0) is 31.0 Å². The van der Waals surface area contributed by atoms with Crippen LogP contribution in [0.4, 0.5) is 5.69 Å². The number of aryl methyl sites for hydroxylation is 1. The van der Waals surface area contributed by atoms with Gasteiger partial charge in [-0.2, -0.15) is 0 Å². The zero-order valence-electron chi connectivity index (χ0n) is 14.6. The molecule has 4 nitrogen and oxygen atoms in total. The number of hydrogen-bond acceptors (Lipinski definition) is 2. The van der Waals surface area contributed by atoms with Crippen molar-refractivity contribution in [2.75, 3.05) is 18.9 Å². The molecular weight excluding hydrogens is 300 g/mol. The molecule has 0 bridgehead atoms. The lowest BCUT2D eigenvalue weighted by Crippen LogP contribution is -3.08. The monoisotopic (exact) mass is 325 g/mol. The number of amides is 1. The van der Waals surface area contributed by atoms with Gasteiger partial charge in [0.2, 0.25) is 0 Å². The van der Waals surface area contributed by atoms with E-state index in [1.807, 2.05) is 13.1 Å². The third kappa shape index (κ3) is 5.03. The van der Waals surface area contributed by atoms with Gasteiger partial charge in [0.05, 0.1) is 12.7 Å². The van der Waals surface area contributed by atoms with Crippen LogP contribution >= 0.6 is 0 Å². The molecule has 2 aromatic rings. The molecule has 0 spiro atoms. The van der Waals surface area contributed by atoms with Crippen molar-refractivity contribution in [1.82, 2.24) is 0 Å². The Kier molecular flexibility index (Phi) is 6.27. The maximum absolute atomic E-state index is 12.2. The highest BCUT2D eigenvalue weighted by atomic mass is 16.2. The predicted octanol–water partition coefficient (Wildman–Crippen LogP) is 2.10. The second-order valence-electron chi connectivity index (χ2n) is 6.13. The Bertz CT molecular complexity index is 708. The van der Waals surface area contributed by atoms with Crippen molar-refractivity contribution in [2.45, 2.75) is 26.8 Å². The third-order valence-electron chi connectivity index (χ3n) is 3.98. The van der Waals surface area contributed by atoms with Gasteiger partial charge in [0.1, 0.15) is 6.54 Å². The van der Waals surface area contributed by atoms with Gasteiger partial charge in [0, 0.05) is 11.1 Å². The lowest BCUT2D eigenvalue weighted by Gasteiger charge is -2.15. The number of ketones is 1. The van der Waals surface area contributed by atoms with Crippen LogP contribution in [0.2, 0.25) is 0 Å². The average molecular weight is 325 g/mol. The summed E-state index contributed by atoms with van der Waals surface area (Å²) < 4.78 is 0. The van der Waals surface area contributed by atoms with Gasteiger partial charge in [-0.25, -0.2) is 0 Å². The molecule has 0 saturated heterocycles. The lowest BCUT2D eigenvalue weighted by molar-refractivity contribution is -0.885. The first kappa shape index (κ1) is 17.9. The number of carbonyl (C=O) groups excluding carboxylic acids is 2. The van der Waals surface area contributed by atoms with Gasteiger partial charge in [0.15, 0.2) is 12.3 Å².